The van der Waals surface area contributed by atoms with Crippen LogP contribution in [0.2, 0.25) is 0 Å². The Hall–Kier alpha value is -2.84. The van der Waals surface area contributed by atoms with Crippen LogP contribution >= 0.6 is 0 Å². The average molecular weight is 324 g/mol. The molecule has 0 fully saturated rings. The number of benzene rings is 2. The largest absolute Gasteiger partial charge is 0.497 e. The van der Waals surface area contributed by atoms with Crippen molar-refractivity contribution in [1.29, 1.82) is 5.26 Å². The molecule has 24 heavy (non-hydrogen) atoms. The van der Waals surface area contributed by atoms with E-state index < -0.39 is 5.97 Å². The second-order valence-corrected chi connectivity index (χ2v) is 5.51. The molecule has 5 heteroatoms. The number of methoxy groups -OCH3 is 1. The molecule has 0 aliphatic carbocycles. The molecule has 0 saturated heterocycles. The van der Waals surface area contributed by atoms with Gasteiger partial charge in [0.05, 0.1) is 25.2 Å². The molecule has 1 N–H and O–H groups in total. The van der Waals surface area contributed by atoms with Gasteiger partial charge in [-0.2, -0.15) is 5.26 Å². The second kappa shape index (κ2) is 8.70. The van der Waals surface area contributed by atoms with Crippen LogP contribution in [0.4, 0.5) is 0 Å². The third kappa shape index (κ3) is 5.41. The molecule has 0 unspecified atom stereocenters. The maximum absolute atomic E-state index is 10.9. The Balaban J connectivity index is 2.10. The first-order chi connectivity index (χ1) is 11.6. The lowest BCUT2D eigenvalue weighted by molar-refractivity contribution is -0.137. The van der Waals surface area contributed by atoms with Crippen LogP contribution in [0.15, 0.2) is 48.5 Å². The third-order valence-electron chi connectivity index (χ3n) is 3.67. The maximum atomic E-state index is 10.9. The first-order valence-corrected chi connectivity index (χ1v) is 7.67. The number of carboxylic acid groups (broad SMARTS) is 1. The summed E-state index contributed by atoms with van der Waals surface area (Å²) in [6.45, 7) is 1.67. The second-order valence-electron chi connectivity index (χ2n) is 5.51. The number of hydrogen-bond acceptors (Lipinski definition) is 4. The van der Waals surface area contributed by atoms with Crippen molar-refractivity contribution in [2.24, 2.45) is 0 Å². The minimum absolute atomic E-state index is 0.0775. The molecule has 2 aromatic rings. The van der Waals surface area contributed by atoms with E-state index in [0.717, 1.165) is 16.9 Å². The summed E-state index contributed by atoms with van der Waals surface area (Å²) in [6, 6.07) is 17.2. The number of carboxylic acids is 1. The molecule has 0 aliphatic heterocycles. The molecule has 0 atom stereocenters. The normalized spacial score (nSPS) is 10.4. The highest BCUT2D eigenvalue weighted by Gasteiger charge is 2.10. The Morgan fingerprint density at radius 2 is 1.88 bits per heavy atom. The van der Waals surface area contributed by atoms with Crippen LogP contribution in [0, 0.1) is 11.3 Å². The predicted molar refractivity (Wildman–Crippen MR) is 90.5 cm³/mol. The van der Waals surface area contributed by atoms with E-state index in [1.807, 2.05) is 42.5 Å². The summed E-state index contributed by atoms with van der Waals surface area (Å²) in [5.41, 5.74) is 2.68. The molecule has 2 aromatic carbocycles. The van der Waals surface area contributed by atoms with Gasteiger partial charge in [0.25, 0.3) is 0 Å². The van der Waals surface area contributed by atoms with Crippen LogP contribution in [0.1, 0.15) is 23.1 Å². The lowest BCUT2D eigenvalue weighted by Crippen LogP contribution is -2.25. The highest BCUT2D eigenvalue weighted by molar-refractivity contribution is 5.66. The summed E-state index contributed by atoms with van der Waals surface area (Å²) in [7, 11) is 1.62. The van der Waals surface area contributed by atoms with Crippen molar-refractivity contribution in [2.45, 2.75) is 19.5 Å². The molecular weight excluding hydrogens is 304 g/mol. The first kappa shape index (κ1) is 17.5. The predicted octanol–water partition coefficient (Wildman–Crippen LogP) is 3.04. The topological polar surface area (TPSA) is 73.6 Å². The lowest BCUT2D eigenvalue weighted by atomic mass is 10.1. The van der Waals surface area contributed by atoms with Crippen LogP contribution in [0.25, 0.3) is 0 Å². The van der Waals surface area contributed by atoms with Gasteiger partial charge in [-0.3, -0.25) is 9.69 Å². The Kier molecular flexibility index (Phi) is 6.35. The fourth-order valence-corrected chi connectivity index (χ4v) is 2.45. The van der Waals surface area contributed by atoms with E-state index in [-0.39, 0.29) is 6.42 Å². The Morgan fingerprint density at radius 1 is 1.17 bits per heavy atom. The van der Waals surface area contributed by atoms with E-state index in [1.165, 1.54) is 0 Å². The van der Waals surface area contributed by atoms with Gasteiger partial charge in [0.15, 0.2) is 0 Å². The van der Waals surface area contributed by atoms with E-state index in [9.17, 15) is 4.79 Å². The van der Waals surface area contributed by atoms with Gasteiger partial charge in [-0.25, -0.2) is 0 Å². The molecule has 0 radical (unpaired) electrons. The molecule has 2 rings (SSSR count). The van der Waals surface area contributed by atoms with Crippen LogP contribution in [0.3, 0.4) is 0 Å². The van der Waals surface area contributed by atoms with E-state index in [4.69, 9.17) is 15.1 Å². The van der Waals surface area contributed by atoms with E-state index in [2.05, 4.69) is 11.0 Å². The molecule has 0 aromatic heterocycles. The van der Waals surface area contributed by atoms with E-state index in [1.54, 1.807) is 13.2 Å². The van der Waals surface area contributed by atoms with Crippen molar-refractivity contribution < 1.29 is 14.6 Å². The van der Waals surface area contributed by atoms with Crippen molar-refractivity contribution in [3.05, 3.63) is 65.2 Å². The summed E-state index contributed by atoms with van der Waals surface area (Å²) >= 11 is 0. The standard InChI is InChI=1S/C19H20N2O3/c1-24-18-7-5-15(6-8-18)13-21(10-9-19(22)23)14-17-4-2-3-16(11-17)12-20/h2-8,11H,9-10,13-14H2,1H3,(H,22,23). The fourth-order valence-electron chi connectivity index (χ4n) is 2.45. The summed E-state index contributed by atoms with van der Waals surface area (Å²) < 4.78 is 5.15. The van der Waals surface area contributed by atoms with Gasteiger partial charge >= 0.3 is 5.97 Å². The van der Waals surface area contributed by atoms with Crippen LogP contribution in [-0.4, -0.2) is 29.6 Å². The van der Waals surface area contributed by atoms with E-state index in [0.29, 0.717) is 25.2 Å². The molecule has 5 nitrogen and oxygen atoms in total. The quantitative estimate of drug-likeness (QED) is 0.808. The fraction of sp³-hybridized carbons (Fsp3) is 0.263. The summed E-state index contributed by atoms with van der Waals surface area (Å²) in [5.74, 6) is -0.0296. The van der Waals surface area contributed by atoms with Gasteiger partial charge < -0.3 is 9.84 Å². The Bertz CT molecular complexity index is 720. The van der Waals surface area contributed by atoms with Crippen molar-refractivity contribution in [2.75, 3.05) is 13.7 Å². The first-order valence-electron chi connectivity index (χ1n) is 7.67. The van der Waals surface area contributed by atoms with Crippen molar-refractivity contribution in [3.8, 4) is 11.8 Å². The molecule has 0 bridgehead atoms. The van der Waals surface area contributed by atoms with E-state index >= 15 is 0 Å². The number of ether oxygens (including phenoxy) is 1. The number of hydrogen-bond donors (Lipinski definition) is 1. The van der Waals surface area contributed by atoms with Crippen molar-refractivity contribution in [1.82, 2.24) is 4.90 Å². The summed E-state index contributed by atoms with van der Waals surface area (Å²) in [5, 5.41) is 18.0. The highest BCUT2D eigenvalue weighted by atomic mass is 16.5. The molecule has 0 amide bonds. The van der Waals surface area contributed by atoms with Crippen molar-refractivity contribution >= 4 is 5.97 Å². The summed E-state index contributed by atoms with van der Waals surface area (Å²) in [6.07, 6.45) is 0.0775. The number of nitrogens with zero attached hydrogens (tertiary/aromatic N) is 2. The molecular formula is C19H20N2O3. The SMILES string of the molecule is COc1ccc(CN(CCC(=O)O)Cc2cccc(C#N)c2)cc1. The van der Waals surface area contributed by atoms with Gasteiger partial charge in [-0.05, 0) is 35.4 Å². The number of aliphatic carboxylic acids is 1. The monoisotopic (exact) mass is 324 g/mol. The average Bonchev–Trinajstić information content (AvgIpc) is 2.60. The zero-order chi connectivity index (χ0) is 17.4. The van der Waals surface area contributed by atoms with Crippen LogP contribution in [0.5, 0.6) is 5.75 Å². The van der Waals surface area contributed by atoms with Crippen LogP contribution < -0.4 is 4.74 Å². The molecule has 0 aliphatic rings. The smallest absolute Gasteiger partial charge is 0.304 e. The van der Waals surface area contributed by atoms with Gasteiger partial charge in [0.2, 0.25) is 0 Å². The number of rotatable bonds is 8. The third-order valence-corrected chi connectivity index (χ3v) is 3.67. The molecule has 124 valence electrons. The minimum atomic E-state index is -0.819. The minimum Gasteiger partial charge on any atom is -0.497 e. The molecule has 0 spiro atoms. The van der Waals surface area contributed by atoms with Gasteiger partial charge in [-0.1, -0.05) is 24.3 Å². The Labute approximate surface area is 141 Å². The lowest BCUT2D eigenvalue weighted by Gasteiger charge is -2.22. The zero-order valence-corrected chi connectivity index (χ0v) is 13.6. The molecule has 0 heterocycles. The highest BCUT2D eigenvalue weighted by Crippen LogP contribution is 2.15. The van der Waals surface area contributed by atoms with Gasteiger partial charge in [0, 0.05) is 19.6 Å². The zero-order valence-electron chi connectivity index (χ0n) is 13.6. The number of carbonyl (C=O) groups is 1. The maximum Gasteiger partial charge on any atom is 0.304 e. The number of nitriles is 1. The van der Waals surface area contributed by atoms with Crippen LogP contribution in [-0.2, 0) is 17.9 Å². The summed E-state index contributed by atoms with van der Waals surface area (Å²) in [4.78, 5) is 13.0. The van der Waals surface area contributed by atoms with Gasteiger partial charge in [0.1, 0.15) is 5.75 Å². The molecule has 0 saturated carbocycles. The Morgan fingerprint density at radius 3 is 2.50 bits per heavy atom. The van der Waals surface area contributed by atoms with Crippen molar-refractivity contribution in [3.63, 3.8) is 0 Å². The van der Waals surface area contributed by atoms with Gasteiger partial charge in [-0.15, -0.1) is 0 Å².